The lowest BCUT2D eigenvalue weighted by atomic mass is 10.2. The van der Waals surface area contributed by atoms with Crippen LogP contribution in [0.1, 0.15) is 43.3 Å². The molecule has 1 aromatic heterocycles. The lowest BCUT2D eigenvalue weighted by molar-refractivity contribution is 0.0523. The molecular weight excluding hydrogens is 290 g/mol. The number of alkyl carbamates (subject to hydrolysis) is 1. The summed E-state index contributed by atoms with van der Waals surface area (Å²) in [7, 11) is 0. The highest BCUT2D eigenvalue weighted by molar-refractivity contribution is 5.67. The van der Waals surface area contributed by atoms with Gasteiger partial charge in [-0.3, -0.25) is 0 Å². The molecule has 0 aliphatic carbocycles. The second kappa shape index (κ2) is 6.44. The number of aryl methyl sites for hydroxylation is 2. The zero-order valence-corrected chi connectivity index (χ0v) is 14.7. The molecular formula is C18H25N3O2. The molecule has 5 heteroatoms. The highest BCUT2D eigenvalue weighted by Crippen LogP contribution is 2.18. The molecule has 0 unspecified atom stereocenters. The van der Waals surface area contributed by atoms with E-state index >= 15 is 0 Å². The Morgan fingerprint density at radius 2 is 1.96 bits per heavy atom. The van der Waals surface area contributed by atoms with Crippen molar-refractivity contribution >= 4 is 6.09 Å². The molecule has 0 aliphatic heterocycles. The first-order chi connectivity index (χ1) is 10.7. The normalized spacial score (nSPS) is 11.4. The molecule has 2 rings (SSSR count). The fourth-order valence-electron chi connectivity index (χ4n) is 2.42. The molecule has 1 N–H and O–H groups in total. The van der Waals surface area contributed by atoms with Crippen molar-refractivity contribution in [1.82, 2.24) is 15.1 Å². The van der Waals surface area contributed by atoms with E-state index in [0.29, 0.717) is 6.54 Å². The average Bonchev–Trinajstić information content (AvgIpc) is 2.70. The first-order valence-corrected chi connectivity index (χ1v) is 7.76. The van der Waals surface area contributed by atoms with Crippen LogP contribution in [0.25, 0.3) is 5.69 Å². The number of carbonyl (C=O) groups excluding carboxylic acids is 1. The zero-order chi connectivity index (χ0) is 17.2. The van der Waals surface area contributed by atoms with Crippen LogP contribution in [0.2, 0.25) is 0 Å². The van der Waals surface area contributed by atoms with E-state index < -0.39 is 11.7 Å². The Hall–Kier alpha value is -2.30. The topological polar surface area (TPSA) is 56.2 Å². The lowest BCUT2D eigenvalue weighted by Gasteiger charge is -2.19. The molecule has 0 saturated heterocycles. The van der Waals surface area contributed by atoms with Gasteiger partial charge >= 0.3 is 6.09 Å². The molecule has 0 atom stereocenters. The number of ether oxygens (including phenoxy) is 1. The van der Waals surface area contributed by atoms with Crippen LogP contribution in [0.4, 0.5) is 4.79 Å². The summed E-state index contributed by atoms with van der Waals surface area (Å²) >= 11 is 0. The third-order valence-corrected chi connectivity index (χ3v) is 3.50. The van der Waals surface area contributed by atoms with Gasteiger partial charge in [0.1, 0.15) is 5.60 Å². The van der Waals surface area contributed by atoms with Crippen molar-refractivity contribution in [2.75, 3.05) is 0 Å². The van der Waals surface area contributed by atoms with Crippen LogP contribution in [0.15, 0.2) is 24.3 Å². The summed E-state index contributed by atoms with van der Waals surface area (Å²) < 4.78 is 7.18. The standard InChI is InChI=1S/C18H25N3O2/c1-12-8-7-9-15(10-12)21-14(3)16(13(2)20-21)11-19-17(22)23-18(4,5)6/h7-10H,11H2,1-6H3,(H,19,22). The summed E-state index contributed by atoms with van der Waals surface area (Å²) in [6.07, 6.45) is -0.417. The average molecular weight is 315 g/mol. The Bertz CT molecular complexity index is 712. The quantitative estimate of drug-likeness (QED) is 0.936. The number of nitrogens with zero attached hydrogens (tertiary/aromatic N) is 2. The summed E-state index contributed by atoms with van der Waals surface area (Å²) in [6.45, 7) is 12.0. The first kappa shape index (κ1) is 17.1. The van der Waals surface area contributed by atoms with Gasteiger partial charge in [-0.15, -0.1) is 0 Å². The summed E-state index contributed by atoms with van der Waals surface area (Å²) in [5.41, 5.74) is 4.64. The van der Waals surface area contributed by atoms with Gasteiger partial charge in [0, 0.05) is 17.8 Å². The van der Waals surface area contributed by atoms with Gasteiger partial charge in [-0.2, -0.15) is 5.10 Å². The van der Waals surface area contributed by atoms with Gasteiger partial charge in [0.2, 0.25) is 0 Å². The van der Waals surface area contributed by atoms with Crippen molar-refractivity contribution in [2.24, 2.45) is 0 Å². The number of amides is 1. The minimum Gasteiger partial charge on any atom is -0.444 e. The van der Waals surface area contributed by atoms with Crippen LogP contribution in [0, 0.1) is 20.8 Å². The van der Waals surface area contributed by atoms with Crippen LogP contribution in [-0.4, -0.2) is 21.5 Å². The highest BCUT2D eigenvalue weighted by Gasteiger charge is 2.18. The van der Waals surface area contributed by atoms with E-state index in [1.165, 1.54) is 5.56 Å². The lowest BCUT2D eigenvalue weighted by Crippen LogP contribution is -2.32. The summed E-state index contributed by atoms with van der Waals surface area (Å²) in [5.74, 6) is 0. The van der Waals surface area contributed by atoms with E-state index in [4.69, 9.17) is 4.74 Å². The van der Waals surface area contributed by atoms with E-state index in [0.717, 1.165) is 22.6 Å². The van der Waals surface area contributed by atoms with Crippen molar-refractivity contribution in [3.05, 3.63) is 46.8 Å². The molecule has 0 fully saturated rings. The fourth-order valence-corrected chi connectivity index (χ4v) is 2.42. The molecule has 23 heavy (non-hydrogen) atoms. The number of rotatable bonds is 3. The third kappa shape index (κ3) is 4.34. The van der Waals surface area contributed by atoms with Crippen LogP contribution < -0.4 is 5.32 Å². The molecule has 1 heterocycles. The molecule has 0 saturated carbocycles. The summed E-state index contributed by atoms with van der Waals surface area (Å²) in [6, 6.07) is 8.18. The largest absolute Gasteiger partial charge is 0.444 e. The van der Waals surface area contributed by atoms with Gasteiger partial charge in [0.25, 0.3) is 0 Å². The van der Waals surface area contributed by atoms with Crippen molar-refractivity contribution in [3.8, 4) is 5.69 Å². The van der Waals surface area contributed by atoms with Crippen molar-refractivity contribution in [2.45, 2.75) is 53.7 Å². The monoisotopic (exact) mass is 315 g/mol. The first-order valence-electron chi connectivity index (χ1n) is 7.76. The Kier molecular flexibility index (Phi) is 4.78. The van der Waals surface area contributed by atoms with Crippen molar-refractivity contribution < 1.29 is 9.53 Å². The van der Waals surface area contributed by atoms with Crippen LogP contribution in [0.3, 0.4) is 0 Å². The molecule has 1 aromatic carbocycles. The molecule has 0 radical (unpaired) electrons. The molecule has 0 spiro atoms. The second-order valence-electron chi connectivity index (χ2n) is 6.76. The predicted octanol–water partition coefficient (Wildman–Crippen LogP) is 3.82. The molecule has 5 nitrogen and oxygen atoms in total. The number of hydrogen-bond donors (Lipinski definition) is 1. The Labute approximate surface area is 137 Å². The summed E-state index contributed by atoms with van der Waals surface area (Å²) in [5, 5.41) is 7.40. The number of benzene rings is 1. The number of hydrogen-bond acceptors (Lipinski definition) is 3. The maximum Gasteiger partial charge on any atom is 0.407 e. The van der Waals surface area contributed by atoms with Crippen LogP contribution >= 0.6 is 0 Å². The second-order valence-corrected chi connectivity index (χ2v) is 6.76. The smallest absolute Gasteiger partial charge is 0.407 e. The van der Waals surface area contributed by atoms with E-state index in [9.17, 15) is 4.79 Å². The number of carbonyl (C=O) groups is 1. The minimum absolute atomic E-state index is 0.401. The Morgan fingerprint density at radius 3 is 2.57 bits per heavy atom. The Balaban J connectivity index is 2.17. The maximum atomic E-state index is 11.8. The summed E-state index contributed by atoms with van der Waals surface area (Å²) in [4.78, 5) is 11.8. The minimum atomic E-state index is -0.500. The third-order valence-electron chi connectivity index (χ3n) is 3.50. The van der Waals surface area contributed by atoms with E-state index in [2.05, 4.69) is 29.5 Å². The predicted molar refractivity (Wildman–Crippen MR) is 90.8 cm³/mol. The van der Waals surface area contributed by atoms with E-state index in [1.807, 2.05) is 51.4 Å². The van der Waals surface area contributed by atoms with Gasteiger partial charge in [-0.05, 0) is 59.2 Å². The van der Waals surface area contributed by atoms with Crippen LogP contribution in [0.5, 0.6) is 0 Å². The fraction of sp³-hybridized carbons (Fsp3) is 0.444. The zero-order valence-electron chi connectivity index (χ0n) is 14.7. The van der Waals surface area contributed by atoms with Gasteiger partial charge in [0.15, 0.2) is 0 Å². The van der Waals surface area contributed by atoms with Gasteiger partial charge < -0.3 is 10.1 Å². The SMILES string of the molecule is Cc1cccc(-n2nc(C)c(CNC(=O)OC(C)(C)C)c2C)c1. The molecule has 0 bridgehead atoms. The van der Waals surface area contributed by atoms with Gasteiger partial charge in [-0.1, -0.05) is 12.1 Å². The highest BCUT2D eigenvalue weighted by atomic mass is 16.6. The van der Waals surface area contributed by atoms with E-state index in [1.54, 1.807) is 0 Å². The van der Waals surface area contributed by atoms with Gasteiger partial charge in [-0.25, -0.2) is 9.48 Å². The van der Waals surface area contributed by atoms with E-state index in [-0.39, 0.29) is 0 Å². The van der Waals surface area contributed by atoms with Crippen molar-refractivity contribution in [1.29, 1.82) is 0 Å². The number of aromatic nitrogens is 2. The molecule has 2 aromatic rings. The Morgan fingerprint density at radius 1 is 1.26 bits per heavy atom. The molecule has 1 amide bonds. The number of nitrogens with one attached hydrogen (secondary N) is 1. The molecule has 124 valence electrons. The van der Waals surface area contributed by atoms with Crippen molar-refractivity contribution in [3.63, 3.8) is 0 Å². The van der Waals surface area contributed by atoms with Gasteiger partial charge in [0.05, 0.1) is 11.4 Å². The molecule has 0 aliphatic rings. The maximum absolute atomic E-state index is 11.8. The van der Waals surface area contributed by atoms with Crippen LogP contribution in [-0.2, 0) is 11.3 Å².